The highest BCUT2D eigenvalue weighted by Gasteiger charge is 2.19. The van der Waals surface area contributed by atoms with Crippen LogP contribution < -0.4 is 10.5 Å². The minimum absolute atomic E-state index is 0.125. The largest absolute Gasteiger partial charge is 0.403 e. The van der Waals surface area contributed by atoms with Gasteiger partial charge in [0.05, 0.1) is 15.1 Å². The Kier molecular flexibility index (Phi) is 3.81. The Labute approximate surface area is 150 Å². The van der Waals surface area contributed by atoms with Crippen molar-refractivity contribution in [1.29, 1.82) is 0 Å². The fraction of sp³-hybridized carbons (Fsp3) is 0. The number of hydrogen-bond donors (Lipinski definition) is 2. The molecule has 0 bridgehead atoms. The van der Waals surface area contributed by atoms with E-state index in [1.54, 1.807) is 18.2 Å². The van der Waals surface area contributed by atoms with Crippen LogP contribution in [0.5, 0.6) is 0 Å². The van der Waals surface area contributed by atoms with Crippen LogP contribution in [0.15, 0.2) is 51.8 Å². The Bertz CT molecular complexity index is 1200. The summed E-state index contributed by atoms with van der Waals surface area (Å²) in [6, 6.07) is 9.31. The number of aromatic nitrogens is 3. The molecule has 0 aliphatic heterocycles. The van der Waals surface area contributed by atoms with Gasteiger partial charge in [-0.15, -0.1) is 5.10 Å². The molecule has 0 unspecified atom stereocenters. The summed E-state index contributed by atoms with van der Waals surface area (Å²) in [5.41, 5.74) is 7.01. The van der Waals surface area contributed by atoms with Crippen LogP contribution in [0.2, 0.25) is 0 Å². The normalized spacial score (nSPS) is 11.7. The molecule has 8 nitrogen and oxygen atoms in total. The number of benzene rings is 2. The second-order valence-electron chi connectivity index (χ2n) is 5.21. The van der Waals surface area contributed by atoms with Crippen molar-refractivity contribution in [3.05, 3.63) is 48.3 Å². The fourth-order valence-corrected chi connectivity index (χ4v) is 3.94. The van der Waals surface area contributed by atoms with E-state index in [2.05, 4.69) is 19.9 Å². The number of fused-ring (bicyclic) bond motifs is 1. The zero-order chi connectivity index (χ0) is 18.3. The number of nitrogen functional groups attached to an aromatic ring is 1. The molecule has 0 saturated heterocycles. The van der Waals surface area contributed by atoms with Crippen LogP contribution in [0.3, 0.4) is 0 Å². The zero-order valence-corrected chi connectivity index (χ0v) is 14.5. The van der Waals surface area contributed by atoms with E-state index in [0.29, 0.717) is 10.7 Å². The van der Waals surface area contributed by atoms with Crippen molar-refractivity contribution in [3.63, 3.8) is 0 Å². The van der Waals surface area contributed by atoms with Gasteiger partial charge in [-0.25, -0.2) is 22.5 Å². The van der Waals surface area contributed by atoms with E-state index >= 15 is 0 Å². The van der Waals surface area contributed by atoms with Crippen molar-refractivity contribution in [2.45, 2.75) is 4.90 Å². The van der Waals surface area contributed by atoms with Gasteiger partial charge in [0.25, 0.3) is 10.0 Å². The SMILES string of the molecule is Nc1nc2ccc(-c3nnc(NS(=O)(=O)c4ccc(F)cc4)o3)cc2s1. The molecule has 2 heterocycles. The first-order valence-corrected chi connectivity index (χ1v) is 9.49. The molecular weight excluding hydrogens is 381 g/mol. The lowest BCUT2D eigenvalue weighted by Crippen LogP contribution is -2.13. The maximum Gasteiger partial charge on any atom is 0.330 e. The third-order valence-electron chi connectivity index (χ3n) is 3.42. The molecule has 0 saturated carbocycles. The Balaban J connectivity index is 1.61. The highest BCUT2D eigenvalue weighted by Crippen LogP contribution is 2.29. The van der Waals surface area contributed by atoms with Gasteiger partial charge < -0.3 is 10.2 Å². The number of rotatable bonds is 4. The summed E-state index contributed by atoms with van der Waals surface area (Å²) < 4.78 is 45.8. The minimum atomic E-state index is -3.97. The third kappa shape index (κ3) is 3.09. The van der Waals surface area contributed by atoms with Crippen LogP contribution >= 0.6 is 11.3 Å². The smallest absolute Gasteiger partial charge is 0.330 e. The topological polar surface area (TPSA) is 124 Å². The summed E-state index contributed by atoms with van der Waals surface area (Å²) in [6.07, 6.45) is 0. The van der Waals surface area contributed by atoms with Gasteiger partial charge in [0, 0.05) is 5.56 Å². The standard InChI is InChI=1S/C15H10FN5O3S2/c16-9-2-4-10(5-3-9)26(22,23)21-15-20-19-13(24-15)8-1-6-11-12(7-8)25-14(17)18-11/h1-7H,(H2,17,18)(H,20,21). The van der Waals surface area contributed by atoms with Crippen molar-refractivity contribution in [2.75, 3.05) is 10.5 Å². The van der Waals surface area contributed by atoms with Crippen molar-refractivity contribution >= 4 is 42.7 Å². The van der Waals surface area contributed by atoms with Crippen LogP contribution in [0.4, 0.5) is 15.5 Å². The van der Waals surface area contributed by atoms with Crippen LogP contribution in [-0.2, 0) is 10.0 Å². The lowest BCUT2D eigenvalue weighted by molar-refractivity contribution is 0.577. The Morgan fingerprint density at radius 1 is 1.12 bits per heavy atom. The number of halogens is 1. The van der Waals surface area contributed by atoms with Crippen molar-refractivity contribution in [3.8, 4) is 11.5 Å². The summed E-state index contributed by atoms with van der Waals surface area (Å²) in [5.74, 6) is -0.404. The van der Waals surface area contributed by atoms with Gasteiger partial charge in [0.2, 0.25) is 5.89 Å². The molecule has 11 heteroatoms. The van der Waals surface area contributed by atoms with E-state index in [4.69, 9.17) is 10.2 Å². The quantitative estimate of drug-likeness (QED) is 0.548. The number of hydrogen-bond acceptors (Lipinski definition) is 8. The molecule has 0 aliphatic rings. The summed E-state index contributed by atoms with van der Waals surface area (Å²) in [6.45, 7) is 0. The molecule has 0 fully saturated rings. The van der Waals surface area contributed by atoms with Gasteiger partial charge in [-0.1, -0.05) is 16.4 Å². The fourth-order valence-electron chi connectivity index (χ4n) is 2.24. The van der Waals surface area contributed by atoms with E-state index in [9.17, 15) is 12.8 Å². The second kappa shape index (κ2) is 6.04. The van der Waals surface area contributed by atoms with Gasteiger partial charge in [-0.3, -0.25) is 0 Å². The zero-order valence-electron chi connectivity index (χ0n) is 12.9. The molecule has 0 radical (unpaired) electrons. The van der Waals surface area contributed by atoms with Gasteiger partial charge >= 0.3 is 6.01 Å². The molecule has 4 rings (SSSR count). The Hall–Kier alpha value is -3.05. The first-order chi connectivity index (χ1) is 12.4. The summed E-state index contributed by atoms with van der Waals surface area (Å²) in [7, 11) is -3.97. The number of thiazole rings is 1. The monoisotopic (exact) mass is 391 g/mol. The van der Waals surface area contributed by atoms with Gasteiger partial charge in [-0.05, 0) is 42.5 Å². The number of nitrogens with two attached hydrogens (primary N) is 1. The first kappa shape index (κ1) is 16.4. The van der Waals surface area contributed by atoms with Gasteiger partial charge in [0.1, 0.15) is 5.82 Å². The van der Waals surface area contributed by atoms with Gasteiger partial charge in [-0.2, -0.15) is 0 Å². The van der Waals surface area contributed by atoms with E-state index < -0.39 is 15.8 Å². The lowest BCUT2D eigenvalue weighted by atomic mass is 10.2. The molecule has 0 amide bonds. The number of nitrogens with zero attached hydrogens (tertiary/aromatic N) is 3. The molecule has 3 N–H and O–H groups in total. The number of anilines is 2. The predicted molar refractivity (Wildman–Crippen MR) is 94.5 cm³/mol. The molecule has 0 spiro atoms. The van der Waals surface area contributed by atoms with Crippen LogP contribution in [0.25, 0.3) is 21.7 Å². The van der Waals surface area contributed by atoms with Crippen molar-refractivity contribution in [1.82, 2.24) is 15.2 Å². The highest BCUT2D eigenvalue weighted by molar-refractivity contribution is 7.92. The molecule has 0 atom stereocenters. The average Bonchev–Trinajstić information content (AvgIpc) is 3.19. The van der Waals surface area contributed by atoms with Crippen LogP contribution in [-0.4, -0.2) is 23.6 Å². The first-order valence-electron chi connectivity index (χ1n) is 7.19. The molecule has 2 aromatic heterocycles. The van der Waals surface area contributed by atoms with Crippen molar-refractivity contribution < 1.29 is 17.2 Å². The van der Waals surface area contributed by atoms with E-state index in [0.717, 1.165) is 34.5 Å². The third-order valence-corrected chi connectivity index (χ3v) is 5.61. The molecule has 4 aromatic rings. The van der Waals surface area contributed by atoms with E-state index in [-0.39, 0.29) is 16.8 Å². The maximum atomic E-state index is 12.9. The summed E-state index contributed by atoms with van der Waals surface area (Å²) in [5, 5.41) is 7.97. The Morgan fingerprint density at radius 3 is 2.65 bits per heavy atom. The maximum absolute atomic E-state index is 12.9. The van der Waals surface area contributed by atoms with Crippen LogP contribution in [0.1, 0.15) is 0 Å². The summed E-state index contributed by atoms with van der Waals surface area (Å²) in [4.78, 5) is 4.03. The summed E-state index contributed by atoms with van der Waals surface area (Å²) >= 11 is 1.31. The molecular formula is C15H10FN5O3S2. The predicted octanol–water partition coefficient (Wildman–Crippen LogP) is 2.87. The lowest BCUT2D eigenvalue weighted by Gasteiger charge is -2.03. The Morgan fingerprint density at radius 2 is 1.88 bits per heavy atom. The molecule has 2 aromatic carbocycles. The van der Waals surface area contributed by atoms with Crippen molar-refractivity contribution in [2.24, 2.45) is 0 Å². The number of sulfonamides is 1. The van der Waals surface area contributed by atoms with E-state index in [1.807, 2.05) is 0 Å². The van der Waals surface area contributed by atoms with Gasteiger partial charge in [0.15, 0.2) is 5.13 Å². The average molecular weight is 391 g/mol. The second-order valence-corrected chi connectivity index (χ2v) is 7.95. The minimum Gasteiger partial charge on any atom is -0.403 e. The molecule has 26 heavy (non-hydrogen) atoms. The molecule has 0 aliphatic carbocycles. The molecule has 132 valence electrons. The highest BCUT2D eigenvalue weighted by atomic mass is 32.2. The number of nitrogens with one attached hydrogen (secondary N) is 1. The van der Waals surface area contributed by atoms with E-state index in [1.165, 1.54) is 11.3 Å². The van der Waals surface area contributed by atoms with Crippen LogP contribution in [0, 0.1) is 5.82 Å².